The molecule has 1 aromatic carbocycles. The van der Waals surface area contributed by atoms with Crippen LogP contribution in [0.25, 0.3) is 0 Å². The normalized spacial score (nSPS) is 22.9. The van der Waals surface area contributed by atoms with Crippen molar-refractivity contribution in [3.63, 3.8) is 0 Å². The molecular weight excluding hydrogens is 278 g/mol. The minimum Gasteiger partial charge on any atom is -0.444 e. The molecule has 1 amide bonds. The van der Waals surface area contributed by atoms with E-state index < -0.39 is 17.8 Å². The standard InChI is InChI=1S/C15H20ClNO3/c1-15(2,3)20-14(19)17-8-11(13(18)9-17)10-6-4-5-7-12(10)16/h4-7,11,13,18H,8-9H2,1-3H3/t11-,13+/m0/s1. The van der Waals surface area contributed by atoms with Crippen LogP contribution in [0, 0.1) is 0 Å². The van der Waals surface area contributed by atoms with Gasteiger partial charge in [0.2, 0.25) is 0 Å². The van der Waals surface area contributed by atoms with Crippen molar-refractivity contribution in [3.8, 4) is 0 Å². The highest BCUT2D eigenvalue weighted by Gasteiger charge is 2.37. The van der Waals surface area contributed by atoms with Gasteiger partial charge in [-0.2, -0.15) is 0 Å². The van der Waals surface area contributed by atoms with Crippen molar-refractivity contribution in [2.75, 3.05) is 13.1 Å². The Kier molecular flexibility index (Phi) is 4.25. The van der Waals surface area contributed by atoms with Gasteiger partial charge in [0.1, 0.15) is 5.60 Å². The van der Waals surface area contributed by atoms with Gasteiger partial charge in [-0.1, -0.05) is 29.8 Å². The Morgan fingerprint density at radius 1 is 1.35 bits per heavy atom. The largest absolute Gasteiger partial charge is 0.444 e. The molecular formula is C15H20ClNO3. The number of likely N-dealkylation sites (tertiary alicyclic amines) is 1. The number of carbonyl (C=O) groups is 1. The van der Waals surface area contributed by atoms with Gasteiger partial charge in [-0.05, 0) is 32.4 Å². The minimum absolute atomic E-state index is 0.170. The monoisotopic (exact) mass is 297 g/mol. The van der Waals surface area contributed by atoms with Crippen LogP contribution in [-0.4, -0.2) is 40.9 Å². The van der Waals surface area contributed by atoms with Gasteiger partial charge in [0.25, 0.3) is 0 Å². The van der Waals surface area contributed by atoms with Crippen molar-refractivity contribution in [2.24, 2.45) is 0 Å². The lowest BCUT2D eigenvalue weighted by molar-refractivity contribution is 0.0270. The van der Waals surface area contributed by atoms with Crippen LogP contribution in [0.1, 0.15) is 32.3 Å². The predicted molar refractivity (Wildman–Crippen MR) is 78.0 cm³/mol. The van der Waals surface area contributed by atoms with Crippen LogP contribution in [0.5, 0.6) is 0 Å². The van der Waals surface area contributed by atoms with Crippen molar-refractivity contribution in [2.45, 2.75) is 38.4 Å². The second kappa shape index (κ2) is 5.62. The van der Waals surface area contributed by atoms with Gasteiger partial charge < -0.3 is 14.7 Å². The highest BCUT2D eigenvalue weighted by atomic mass is 35.5. The maximum atomic E-state index is 12.0. The maximum absolute atomic E-state index is 12.0. The van der Waals surface area contributed by atoms with Crippen LogP contribution in [0.4, 0.5) is 4.79 Å². The molecule has 110 valence electrons. The second-order valence-corrected chi connectivity index (χ2v) is 6.49. The number of amides is 1. The number of rotatable bonds is 1. The molecule has 1 heterocycles. The Morgan fingerprint density at radius 3 is 2.60 bits per heavy atom. The Labute approximate surface area is 124 Å². The molecule has 1 aromatic rings. The van der Waals surface area contributed by atoms with Crippen molar-refractivity contribution >= 4 is 17.7 Å². The SMILES string of the molecule is CC(C)(C)OC(=O)N1C[C@@H](O)[C@H](c2ccccc2Cl)C1. The fourth-order valence-corrected chi connectivity index (χ4v) is 2.62. The van der Waals surface area contributed by atoms with E-state index in [1.165, 1.54) is 4.90 Å². The van der Waals surface area contributed by atoms with Crippen LogP contribution in [0.3, 0.4) is 0 Å². The molecule has 1 N–H and O–H groups in total. The summed E-state index contributed by atoms with van der Waals surface area (Å²) >= 11 is 6.16. The summed E-state index contributed by atoms with van der Waals surface area (Å²) in [4.78, 5) is 13.6. The molecule has 0 aliphatic carbocycles. The molecule has 2 atom stereocenters. The molecule has 0 bridgehead atoms. The molecule has 1 aliphatic rings. The van der Waals surface area contributed by atoms with Crippen LogP contribution in [0.15, 0.2) is 24.3 Å². The van der Waals surface area contributed by atoms with Crippen LogP contribution < -0.4 is 0 Å². The first-order valence-corrected chi connectivity index (χ1v) is 7.06. The van der Waals surface area contributed by atoms with Gasteiger partial charge in [-0.25, -0.2) is 4.79 Å². The summed E-state index contributed by atoms with van der Waals surface area (Å²) in [5.41, 5.74) is 0.331. The number of carbonyl (C=O) groups excluding carboxylic acids is 1. The van der Waals surface area contributed by atoms with E-state index in [0.29, 0.717) is 11.6 Å². The molecule has 1 saturated heterocycles. The third-order valence-electron chi connectivity index (χ3n) is 3.25. The van der Waals surface area contributed by atoms with Crippen LogP contribution in [-0.2, 0) is 4.74 Å². The fourth-order valence-electron chi connectivity index (χ4n) is 2.34. The Bertz CT molecular complexity index is 498. The van der Waals surface area contributed by atoms with Crippen molar-refractivity contribution in [3.05, 3.63) is 34.9 Å². The molecule has 0 aromatic heterocycles. The van der Waals surface area contributed by atoms with E-state index in [1.54, 1.807) is 6.07 Å². The van der Waals surface area contributed by atoms with Gasteiger partial charge in [0.05, 0.1) is 12.6 Å². The number of ether oxygens (including phenoxy) is 1. The van der Waals surface area contributed by atoms with Crippen LogP contribution in [0.2, 0.25) is 5.02 Å². The zero-order valence-corrected chi connectivity index (χ0v) is 12.7. The average Bonchev–Trinajstić information content (AvgIpc) is 2.70. The maximum Gasteiger partial charge on any atom is 0.410 e. The molecule has 0 radical (unpaired) electrons. The molecule has 2 rings (SSSR count). The Morgan fingerprint density at radius 2 is 2.00 bits per heavy atom. The summed E-state index contributed by atoms with van der Waals surface area (Å²) in [5, 5.41) is 10.8. The molecule has 0 spiro atoms. The van der Waals surface area contributed by atoms with E-state index in [4.69, 9.17) is 16.3 Å². The third kappa shape index (κ3) is 3.44. The minimum atomic E-state index is -0.623. The predicted octanol–water partition coefficient (Wildman–Crippen LogP) is 3.04. The number of hydrogen-bond acceptors (Lipinski definition) is 3. The molecule has 0 saturated carbocycles. The number of aliphatic hydroxyl groups excluding tert-OH is 1. The summed E-state index contributed by atoms with van der Waals surface area (Å²) in [7, 11) is 0. The molecule has 1 fully saturated rings. The number of β-amino-alcohol motifs (C(OH)–C–C–N with tert-alkyl or cyclic N) is 1. The first kappa shape index (κ1) is 15.1. The van der Waals surface area contributed by atoms with Gasteiger partial charge in [-0.3, -0.25) is 0 Å². The zero-order valence-electron chi connectivity index (χ0n) is 12.0. The van der Waals surface area contributed by atoms with Gasteiger partial charge >= 0.3 is 6.09 Å². The summed E-state index contributed by atoms with van der Waals surface area (Å²) in [5.74, 6) is -0.170. The van der Waals surface area contributed by atoms with Crippen molar-refractivity contribution < 1.29 is 14.6 Å². The van der Waals surface area contributed by atoms with E-state index in [2.05, 4.69) is 0 Å². The lowest BCUT2D eigenvalue weighted by Crippen LogP contribution is -2.35. The van der Waals surface area contributed by atoms with Crippen molar-refractivity contribution in [1.29, 1.82) is 0 Å². The number of hydrogen-bond donors (Lipinski definition) is 1. The van der Waals surface area contributed by atoms with E-state index in [9.17, 15) is 9.90 Å². The van der Waals surface area contributed by atoms with Gasteiger partial charge in [-0.15, -0.1) is 0 Å². The van der Waals surface area contributed by atoms with E-state index >= 15 is 0 Å². The van der Waals surface area contributed by atoms with Gasteiger partial charge in [0, 0.05) is 17.5 Å². The first-order chi connectivity index (χ1) is 9.28. The highest BCUT2D eigenvalue weighted by Crippen LogP contribution is 2.32. The highest BCUT2D eigenvalue weighted by molar-refractivity contribution is 6.31. The number of aliphatic hydroxyl groups is 1. The summed E-state index contributed by atoms with van der Waals surface area (Å²) in [6.45, 7) is 6.15. The van der Waals surface area contributed by atoms with E-state index in [0.717, 1.165) is 5.56 Å². The molecule has 5 heteroatoms. The quantitative estimate of drug-likeness (QED) is 0.867. The molecule has 4 nitrogen and oxygen atoms in total. The van der Waals surface area contributed by atoms with Gasteiger partial charge in [0.15, 0.2) is 0 Å². The smallest absolute Gasteiger partial charge is 0.410 e. The summed E-state index contributed by atoms with van der Waals surface area (Å²) in [6.07, 6.45) is -1.02. The topological polar surface area (TPSA) is 49.8 Å². The van der Waals surface area contributed by atoms with E-state index in [-0.39, 0.29) is 12.5 Å². The fraction of sp³-hybridized carbons (Fsp3) is 0.533. The lowest BCUT2D eigenvalue weighted by Gasteiger charge is -2.24. The third-order valence-corrected chi connectivity index (χ3v) is 3.59. The molecule has 1 aliphatic heterocycles. The first-order valence-electron chi connectivity index (χ1n) is 6.68. The summed E-state index contributed by atoms with van der Waals surface area (Å²) in [6, 6.07) is 7.40. The number of halogens is 1. The van der Waals surface area contributed by atoms with E-state index in [1.807, 2.05) is 39.0 Å². The Balaban J connectivity index is 2.10. The molecule has 20 heavy (non-hydrogen) atoms. The van der Waals surface area contributed by atoms with Crippen molar-refractivity contribution in [1.82, 2.24) is 4.90 Å². The average molecular weight is 298 g/mol. The second-order valence-electron chi connectivity index (χ2n) is 6.08. The zero-order chi connectivity index (χ0) is 14.9. The summed E-state index contributed by atoms with van der Waals surface area (Å²) < 4.78 is 5.33. The Hall–Kier alpha value is -1.26. The molecule has 0 unspecified atom stereocenters. The lowest BCUT2D eigenvalue weighted by atomic mass is 9.96. The number of nitrogens with zero attached hydrogens (tertiary/aromatic N) is 1. The number of benzene rings is 1. The van der Waals surface area contributed by atoms with Crippen LogP contribution >= 0.6 is 11.6 Å².